The number of nitrogens with one attached hydrogen (secondary N) is 2. The summed E-state index contributed by atoms with van der Waals surface area (Å²) in [6, 6.07) is 10.5. The van der Waals surface area contributed by atoms with Crippen molar-refractivity contribution in [1.82, 2.24) is 5.32 Å². The average Bonchev–Trinajstić information content (AvgIpc) is 2.91. The molecule has 0 aliphatic carbocycles. The van der Waals surface area contributed by atoms with E-state index < -0.39 is 0 Å². The van der Waals surface area contributed by atoms with Crippen LogP contribution >= 0.6 is 22.9 Å². The van der Waals surface area contributed by atoms with Gasteiger partial charge in [0.05, 0.1) is 15.8 Å². The van der Waals surface area contributed by atoms with Gasteiger partial charge in [0.2, 0.25) is 5.91 Å². The fraction of sp³-hybridized carbons (Fsp3) is 0.125. The van der Waals surface area contributed by atoms with Crippen molar-refractivity contribution in [3.8, 4) is 11.8 Å². The maximum Gasteiger partial charge on any atom is 0.262 e. The van der Waals surface area contributed by atoms with Gasteiger partial charge in [-0.2, -0.15) is 0 Å². The molecule has 0 saturated carbocycles. The van der Waals surface area contributed by atoms with E-state index in [0.717, 1.165) is 11.3 Å². The minimum Gasteiger partial charge on any atom is -0.340 e. The number of rotatable bonds is 3. The summed E-state index contributed by atoms with van der Waals surface area (Å²) in [5.74, 6) is 5.51. The summed E-state index contributed by atoms with van der Waals surface area (Å²) in [4.78, 5) is 23.2. The fourth-order valence-corrected chi connectivity index (χ4v) is 2.59. The number of amides is 2. The molecule has 0 bridgehead atoms. The highest BCUT2D eigenvalue weighted by molar-refractivity contribution is 7.17. The van der Waals surface area contributed by atoms with Crippen LogP contribution in [0.1, 0.15) is 22.2 Å². The molecule has 22 heavy (non-hydrogen) atoms. The molecule has 1 heterocycles. The lowest BCUT2D eigenvalue weighted by molar-refractivity contribution is -0.114. The molecule has 0 atom stereocenters. The van der Waals surface area contributed by atoms with Gasteiger partial charge >= 0.3 is 0 Å². The quantitative estimate of drug-likeness (QED) is 0.848. The van der Waals surface area contributed by atoms with E-state index in [0.29, 0.717) is 9.21 Å². The second-order valence-electron chi connectivity index (χ2n) is 4.35. The highest BCUT2D eigenvalue weighted by atomic mass is 35.5. The van der Waals surface area contributed by atoms with Crippen molar-refractivity contribution < 1.29 is 9.59 Å². The van der Waals surface area contributed by atoms with Gasteiger partial charge in [0.1, 0.15) is 0 Å². The maximum absolute atomic E-state index is 11.7. The second-order valence-corrected chi connectivity index (χ2v) is 6.06. The topological polar surface area (TPSA) is 58.2 Å². The highest BCUT2D eigenvalue weighted by Gasteiger charge is 2.06. The zero-order chi connectivity index (χ0) is 15.9. The van der Waals surface area contributed by atoms with E-state index in [1.165, 1.54) is 18.3 Å². The molecule has 0 unspecified atom stereocenters. The Labute approximate surface area is 137 Å². The summed E-state index contributed by atoms with van der Waals surface area (Å²) in [7, 11) is 0. The molecule has 2 N–H and O–H groups in total. The first kappa shape index (κ1) is 16.1. The van der Waals surface area contributed by atoms with Crippen LogP contribution in [0.25, 0.3) is 0 Å². The minimum absolute atomic E-state index is 0.116. The van der Waals surface area contributed by atoms with Gasteiger partial charge in [-0.3, -0.25) is 9.59 Å². The molecule has 0 aliphatic heterocycles. The molecule has 0 saturated heterocycles. The number of thiophene rings is 1. The number of benzene rings is 1. The predicted molar refractivity (Wildman–Crippen MR) is 89.3 cm³/mol. The van der Waals surface area contributed by atoms with Crippen molar-refractivity contribution in [3.63, 3.8) is 0 Å². The number of carbonyl (C=O) groups is 2. The number of carbonyl (C=O) groups excluding carboxylic acids is 2. The lowest BCUT2D eigenvalue weighted by Gasteiger charge is -2.00. The van der Waals surface area contributed by atoms with Crippen LogP contribution < -0.4 is 10.6 Å². The summed E-state index contributed by atoms with van der Waals surface area (Å²) < 4.78 is 0.579. The number of anilines is 1. The summed E-state index contributed by atoms with van der Waals surface area (Å²) >= 11 is 7.00. The van der Waals surface area contributed by atoms with Gasteiger partial charge in [-0.05, 0) is 36.4 Å². The van der Waals surface area contributed by atoms with Crippen LogP contribution in [0, 0.1) is 11.8 Å². The van der Waals surface area contributed by atoms with Crippen molar-refractivity contribution in [2.45, 2.75) is 6.92 Å². The fourth-order valence-electron chi connectivity index (χ4n) is 1.63. The minimum atomic E-state index is -0.188. The Hall–Kier alpha value is -2.29. The third-order valence-electron chi connectivity index (χ3n) is 2.57. The molecule has 1 aromatic heterocycles. The van der Waals surface area contributed by atoms with Crippen LogP contribution in [0.5, 0.6) is 0 Å². The zero-order valence-corrected chi connectivity index (χ0v) is 13.3. The molecule has 112 valence electrons. The van der Waals surface area contributed by atoms with Crippen molar-refractivity contribution in [2.24, 2.45) is 0 Å². The Morgan fingerprint density at radius 2 is 1.91 bits per heavy atom. The van der Waals surface area contributed by atoms with Crippen molar-refractivity contribution in [3.05, 3.63) is 51.2 Å². The Kier molecular flexibility index (Phi) is 5.59. The highest BCUT2D eigenvalue weighted by Crippen LogP contribution is 2.20. The standard InChI is InChI=1S/C16H13ClN2O2S/c1-11(20)19-13-6-4-12(5-7-13)3-2-10-18-16(21)14-8-9-15(17)22-14/h4-9H,10H2,1H3,(H,18,21)(H,19,20). The third kappa shape index (κ3) is 4.92. The molecule has 0 fully saturated rings. The van der Waals surface area contributed by atoms with Crippen molar-refractivity contribution >= 4 is 40.4 Å². The monoisotopic (exact) mass is 332 g/mol. The van der Waals surface area contributed by atoms with Gasteiger partial charge in [-0.25, -0.2) is 0 Å². The average molecular weight is 333 g/mol. The van der Waals surface area contributed by atoms with Gasteiger partial charge in [0.25, 0.3) is 5.91 Å². The smallest absolute Gasteiger partial charge is 0.262 e. The van der Waals surface area contributed by atoms with E-state index >= 15 is 0 Å². The van der Waals surface area contributed by atoms with E-state index in [1.54, 1.807) is 36.4 Å². The van der Waals surface area contributed by atoms with Crippen molar-refractivity contribution in [1.29, 1.82) is 0 Å². The molecule has 0 spiro atoms. The molecule has 1 aromatic carbocycles. The first-order valence-corrected chi connectivity index (χ1v) is 7.64. The lowest BCUT2D eigenvalue weighted by atomic mass is 10.2. The molecule has 0 aliphatic rings. The van der Waals surface area contributed by atoms with Gasteiger partial charge in [0.15, 0.2) is 0 Å². The van der Waals surface area contributed by atoms with Gasteiger partial charge in [0, 0.05) is 18.2 Å². The Balaban J connectivity index is 1.86. The third-order valence-corrected chi connectivity index (χ3v) is 3.80. The molecular formula is C16H13ClN2O2S. The van der Waals surface area contributed by atoms with Crippen LogP contribution in [0.15, 0.2) is 36.4 Å². The first-order chi connectivity index (χ1) is 10.5. The first-order valence-electron chi connectivity index (χ1n) is 6.44. The van der Waals surface area contributed by atoms with Crippen LogP contribution in [0.2, 0.25) is 4.34 Å². The van der Waals surface area contributed by atoms with Gasteiger partial charge in [-0.1, -0.05) is 23.4 Å². The van der Waals surface area contributed by atoms with E-state index in [1.807, 2.05) is 0 Å². The predicted octanol–water partition coefficient (Wildman–Crippen LogP) is 3.14. The SMILES string of the molecule is CC(=O)Nc1ccc(C#CCNC(=O)c2ccc(Cl)s2)cc1. The lowest BCUT2D eigenvalue weighted by Crippen LogP contribution is -2.22. The number of hydrogen-bond acceptors (Lipinski definition) is 3. The van der Waals surface area contributed by atoms with Crippen LogP contribution in [-0.2, 0) is 4.79 Å². The molecule has 4 nitrogen and oxygen atoms in total. The molecular weight excluding hydrogens is 320 g/mol. The molecule has 2 amide bonds. The molecule has 6 heteroatoms. The normalized spacial score (nSPS) is 9.55. The van der Waals surface area contributed by atoms with Crippen LogP contribution in [-0.4, -0.2) is 18.4 Å². The Morgan fingerprint density at radius 1 is 1.18 bits per heavy atom. The number of halogens is 1. The summed E-state index contributed by atoms with van der Waals surface area (Å²) in [6.07, 6.45) is 0. The van der Waals surface area contributed by atoms with E-state index in [4.69, 9.17) is 11.6 Å². The second kappa shape index (κ2) is 7.64. The summed E-state index contributed by atoms with van der Waals surface area (Å²) in [6.45, 7) is 1.71. The van der Waals surface area contributed by atoms with Gasteiger partial charge < -0.3 is 10.6 Å². The van der Waals surface area contributed by atoms with Gasteiger partial charge in [-0.15, -0.1) is 11.3 Å². The Morgan fingerprint density at radius 3 is 2.50 bits per heavy atom. The van der Waals surface area contributed by atoms with E-state index in [-0.39, 0.29) is 18.4 Å². The number of hydrogen-bond donors (Lipinski definition) is 2. The van der Waals surface area contributed by atoms with Crippen LogP contribution in [0.3, 0.4) is 0 Å². The maximum atomic E-state index is 11.7. The van der Waals surface area contributed by atoms with Crippen LogP contribution in [0.4, 0.5) is 5.69 Å². The molecule has 2 aromatic rings. The summed E-state index contributed by atoms with van der Waals surface area (Å²) in [5, 5.41) is 5.38. The zero-order valence-electron chi connectivity index (χ0n) is 11.8. The molecule has 2 rings (SSSR count). The van der Waals surface area contributed by atoms with E-state index in [9.17, 15) is 9.59 Å². The largest absolute Gasteiger partial charge is 0.340 e. The Bertz CT molecular complexity index is 741. The van der Waals surface area contributed by atoms with E-state index in [2.05, 4.69) is 22.5 Å². The van der Waals surface area contributed by atoms with Crippen molar-refractivity contribution in [2.75, 3.05) is 11.9 Å². The summed E-state index contributed by atoms with van der Waals surface area (Å²) in [5.41, 5.74) is 1.53. The molecule has 0 radical (unpaired) electrons.